The maximum Gasteiger partial charge on any atom is 0.246 e. The van der Waals surface area contributed by atoms with E-state index >= 15 is 0 Å². The molecule has 0 aromatic rings. The summed E-state index contributed by atoms with van der Waals surface area (Å²) in [5, 5.41) is 0.590. The first-order valence-electron chi connectivity index (χ1n) is 4.81. The zero-order valence-electron chi connectivity index (χ0n) is 8.32. The van der Waals surface area contributed by atoms with E-state index in [-0.39, 0.29) is 5.91 Å². The molecule has 1 amide bonds. The molecule has 0 spiro atoms. The number of allylic oxidation sites excluding steroid dienone is 1. The number of carbonyl (C=O) groups excluding carboxylic acids is 1. The van der Waals surface area contributed by atoms with Crippen molar-refractivity contribution in [3.8, 4) is 0 Å². The van der Waals surface area contributed by atoms with Crippen LogP contribution in [-0.2, 0) is 4.79 Å². The largest absolute Gasteiger partial charge is 0.337 e. The van der Waals surface area contributed by atoms with Crippen molar-refractivity contribution >= 4 is 17.7 Å². The molecular weight excluding hydrogens is 182 g/mol. The summed E-state index contributed by atoms with van der Waals surface area (Å²) >= 11 is 1.95. The van der Waals surface area contributed by atoms with Crippen molar-refractivity contribution in [3.05, 3.63) is 12.2 Å². The predicted molar refractivity (Wildman–Crippen MR) is 57.9 cm³/mol. The van der Waals surface area contributed by atoms with Gasteiger partial charge < -0.3 is 4.90 Å². The van der Waals surface area contributed by atoms with Crippen LogP contribution in [0.15, 0.2) is 12.2 Å². The van der Waals surface area contributed by atoms with Crippen molar-refractivity contribution in [2.75, 3.05) is 18.8 Å². The van der Waals surface area contributed by atoms with Gasteiger partial charge in [0.15, 0.2) is 0 Å². The molecule has 2 nitrogen and oxygen atoms in total. The molecule has 1 heterocycles. The van der Waals surface area contributed by atoms with Crippen LogP contribution in [0.4, 0.5) is 0 Å². The molecule has 1 unspecified atom stereocenters. The summed E-state index contributed by atoms with van der Waals surface area (Å²) in [6.07, 6.45) is 4.56. The van der Waals surface area contributed by atoms with Gasteiger partial charge in [0.25, 0.3) is 0 Å². The van der Waals surface area contributed by atoms with E-state index in [2.05, 4.69) is 6.92 Å². The van der Waals surface area contributed by atoms with Crippen LogP contribution in [0.25, 0.3) is 0 Å². The number of thioether (sulfide) groups is 1. The second kappa shape index (κ2) is 5.32. The lowest BCUT2D eigenvalue weighted by atomic mass is 10.3. The van der Waals surface area contributed by atoms with Crippen LogP contribution in [0.1, 0.15) is 20.3 Å². The van der Waals surface area contributed by atoms with Crippen molar-refractivity contribution in [2.24, 2.45) is 0 Å². The lowest BCUT2D eigenvalue weighted by Gasteiger charge is -2.29. The number of hydrogen-bond donors (Lipinski definition) is 0. The second-order valence-corrected chi connectivity index (χ2v) is 4.82. The maximum atomic E-state index is 11.5. The molecule has 0 bridgehead atoms. The van der Waals surface area contributed by atoms with E-state index < -0.39 is 0 Å². The molecule has 0 radical (unpaired) electrons. The Balaban J connectivity index is 2.41. The molecule has 1 fully saturated rings. The monoisotopic (exact) mass is 199 g/mol. The second-order valence-electron chi connectivity index (χ2n) is 3.28. The minimum absolute atomic E-state index is 0.175. The fourth-order valence-electron chi connectivity index (χ4n) is 1.34. The minimum atomic E-state index is 0.175. The molecule has 1 rings (SSSR count). The fourth-order valence-corrected chi connectivity index (χ4v) is 2.36. The van der Waals surface area contributed by atoms with Crippen LogP contribution in [0.5, 0.6) is 0 Å². The summed E-state index contributed by atoms with van der Waals surface area (Å²) in [5.41, 5.74) is 0. The Bertz CT molecular complexity index is 203. The molecule has 0 N–H and O–H groups in total. The number of amides is 1. The highest BCUT2D eigenvalue weighted by atomic mass is 32.2. The topological polar surface area (TPSA) is 20.3 Å². The summed E-state index contributed by atoms with van der Waals surface area (Å²) in [6, 6.07) is 0. The van der Waals surface area contributed by atoms with E-state index in [0.717, 1.165) is 25.3 Å². The third-order valence-corrected chi connectivity index (χ3v) is 3.19. The fraction of sp³-hybridized carbons (Fsp3) is 0.700. The first kappa shape index (κ1) is 10.6. The van der Waals surface area contributed by atoms with Crippen LogP contribution in [0, 0.1) is 0 Å². The number of carbonyl (C=O) groups is 1. The van der Waals surface area contributed by atoms with Gasteiger partial charge in [-0.05, 0) is 12.5 Å². The van der Waals surface area contributed by atoms with Gasteiger partial charge in [0.05, 0.1) is 0 Å². The first-order chi connectivity index (χ1) is 6.24. The van der Waals surface area contributed by atoms with Crippen LogP contribution in [0.2, 0.25) is 0 Å². The lowest BCUT2D eigenvalue weighted by molar-refractivity contribution is -0.125. The summed E-state index contributed by atoms with van der Waals surface area (Å²) in [5.74, 6) is 1.25. The maximum absolute atomic E-state index is 11.5. The van der Waals surface area contributed by atoms with Gasteiger partial charge in [0.2, 0.25) is 5.91 Å². The average Bonchev–Trinajstić information content (AvgIpc) is 2.14. The third-order valence-electron chi connectivity index (χ3n) is 2.05. The molecule has 1 saturated heterocycles. The number of nitrogens with zero attached hydrogens (tertiary/aromatic N) is 1. The summed E-state index contributed by atoms with van der Waals surface area (Å²) in [7, 11) is 0. The van der Waals surface area contributed by atoms with Gasteiger partial charge in [-0.15, -0.1) is 0 Å². The quantitative estimate of drug-likeness (QED) is 0.633. The minimum Gasteiger partial charge on any atom is -0.337 e. The van der Waals surface area contributed by atoms with E-state index in [1.165, 1.54) is 0 Å². The Morgan fingerprint density at radius 3 is 3.08 bits per heavy atom. The van der Waals surface area contributed by atoms with Crippen molar-refractivity contribution in [3.63, 3.8) is 0 Å². The van der Waals surface area contributed by atoms with Gasteiger partial charge in [-0.3, -0.25) is 4.79 Å². The Morgan fingerprint density at radius 2 is 2.46 bits per heavy atom. The van der Waals surface area contributed by atoms with Gasteiger partial charge in [-0.1, -0.05) is 19.9 Å². The molecule has 0 aliphatic carbocycles. The standard InChI is InChI=1S/C10H17NOS/c1-3-4-5-10(12)11-6-7-13-9(2)8-11/h4-5,9H,3,6-8H2,1-2H3/b5-4+. The van der Waals surface area contributed by atoms with Crippen LogP contribution >= 0.6 is 11.8 Å². The van der Waals surface area contributed by atoms with Crippen LogP contribution in [0.3, 0.4) is 0 Å². The van der Waals surface area contributed by atoms with Gasteiger partial charge in [-0.2, -0.15) is 11.8 Å². The van der Waals surface area contributed by atoms with Gasteiger partial charge in [0, 0.05) is 24.1 Å². The molecule has 0 aromatic carbocycles. The smallest absolute Gasteiger partial charge is 0.246 e. The SMILES string of the molecule is CC/C=C/C(=O)N1CCSC(C)C1. The summed E-state index contributed by atoms with van der Waals surface area (Å²) < 4.78 is 0. The molecule has 1 aliphatic heterocycles. The van der Waals surface area contributed by atoms with Gasteiger partial charge in [0.1, 0.15) is 0 Å². The Kier molecular flexibility index (Phi) is 4.36. The summed E-state index contributed by atoms with van der Waals surface area (Å²) in [4.78, 5) is 13.5. The van der Waals surface area contributed by atoms with Gasteiger partial charge >= 0.3 is 0 Å². The van der Waals surface area contributed by atoms with Crippen molar-refractivity contribution in [1.29, 1.82) is 0 Å². The highest BCUT2D eigenvalue weighted by Crippen LogP contribution is 2.17. The van der Waals surface area contributed by atoms with E-state index in [1.54, 1.807) is 6.08 Å². The van der Waals surface area contributed by atoms with E-state index in [0.29, 0.717) is 5.25 Å². The van der Waals surface area contributed by atoms with Crippen LogP contribution < -0.4 is 0 Å². The lowest BCUT2D eigenvalue weighted by Crippen LogP contribution is -2.40. The Labute approximate surface area is 84.4 Å². The molecule has 1 aliphatic rings. The molecule has 3 heteroatoms. The number of rotatable bonds is 2. The Morgan fingerprint density at radius 1 is 1.69 bits per heavy atom. The molecule has 13 heavy (non-hydrogen) atoms. The number of hydrogen-bond acceptors (Lipinski definition) is 2. The zero-order valence-corrected chi connectivity index (χ0v) is 9.14. The molecule has 0 aromatic heterocycles. The first-order valence-corrected chi connectivity index (χ1v) is 5.86. The van der Waals surface area contributed by atoms with Gasteiger partial charge in [-0.25, -0.2) is 0 Å². The van der Waals surface area contributed by atoms with E-state index in [9.17, 15) is 4.79 Å². The van der Waals surface area contributed by atoms with E-state index in [4.69, 9.17) is 0 Å². The highest BCUT2D eigenvalue weighted by molar-refractivity contribution is 7.99. The normalized spacial score (nSPS) is 23.8. The van der Waals surface area contributed by atoms with Crippen LogP contribution in [-0.4, -0.2) is 34.9 Å². The average molecular weight is 199 g/mol. The van der Waals surface area contributed by atoms with Crippen molar-refractivity contribution < 1.29 is 4.79 Å². The van der Waals surface area contributed by atoms with Crippen molar-refractivity contribution in [2.45, 2.75) is 25.5 Å². The predicted octanol–water partition coefficient (Wildman–Crippen LogP) is 1.92. The third kappa shape index (κ3) is 3.43. The molecule has 1 atom stereocenters. The Hall–Kier alpha value is -0.440. The molecular formula is C10H17NOS. The molecule has 0 saturated carbocycles. The van der Waals surface area contributed by atoms with E-state index in [1.807, 2.05) is 29.7 Å². The molecule has 74 valence electrons. The highest BCUT2D eigenvalue weighted by Gasteiger charge is 2.18. The van der Waals surface area contributed by atoms with Crippen molar-refractivity contribution in [1.82, 2.24) is 4.90 Å². The summed E-state index contributed by atoms with van der Waals surface area (Å²) in [6.45, 7) is 6.02. The zero-order chi connectivity index (χ0) is 9.68.